The number of ether oxygens (including phenoxy) is 1. The molecule has 12 heavy (non-hydrogen) atoms. The van der Waals surface area contributed by atoms with Crippen molar-refractivity contribution >= 4 is 0 Å². The van der Waals surface area contributed by atoms with Gasteiger partial charge in [-0.2, -0.15) is 0 Å². The molecule has 66 valence electrons. The summed E-state index contributed by atoms with van der Waals surface area (Å²) in [4.78, 5) is 0. The van der Waals surface area contributed by atoms with Gasteiger partial charge in [0.2, 0.25) is 0 Å². The van der Waals surface area contributed by atoms with Gasteiger partial charge >= 0.3 is 0 Å². The lowest BCUT2D eigenvalue weighted by Gasteiger charge is -2.04. The lowest BCUT2D eigenvalue weighted by molar-refractivity contribution is 0.328. The Bertz CT molecular complexity index is 218. The number of benzene rings is 1. The molecular weight excluding hydrogens is 150 g/mol. The second-order valence-electron chi connectivity index (χ2n) is 2.63. The van der Waals surface area contributed by atoms with Crippen molar-refractivity contribution in [2.24, 2.45) is 5.73 Å². The van der Waals surface area contributed by atoms with Crippen LogP contribution < -0.4 is 10.5 Å². The molecule has 0 saturated heterocycles. The minimum Gasteiger partial charge on any atom is -0.492 e. The predicted octanol–water partition coefficient (Wildman–Crippen LogP) is 1.59. The molecule has 0 amide bonds. The molecule has 2 nitrogen and oxygen atoms in total. The van der Waals surface area contributed by atoms with Gasteiger partial charge in [-0.15, -0.1) is 0 Å². The van der Waals surface area contributed by atoms with Gasteiger partial charge in [0, 0.05) is 6.54 Å². The van der Waals surface area contributed by atoms with Gasteiger partial charge in [0.25, 0.3) is 0 Å². The van der Waals surface area contributed by atoms with Crippen LogP contribution in [0.2, 0.25) is 0 Å². The summed E-state index contributed by atoms with van der Waals surface area (Å²) in [7, 11) is 0. The van der Waals surface area contributed by atoms with Crippen LogP contribution in [0.3, 0.4) is 0 Å². The van der Waals surface area contributed by atoms with Gasteiger partial charge in [-0.25, -0.2) is 0 Å². The smallest absolute Gasteiger partial charge is 0.119 e. The normalized spacial score (nSPS) is 9.83. The third-order valence-corrected chi connectivity index (χ3v) is 1.72. The molecule has 0 unspecified atom stereocenters. The Kier molecular flexibility index (Phi) is 3.61. The molecule has 0 fully saturated rings. The lowest BCUT2D eigenvalue weighted by atomic mass is 10.2. The summed E-state index contributed by atoms with van der Waals surface area (Å²) in [6.07, 6.45) is 1.07. The van der Waals surface area contributed by atoms with Gasteiger partial charge in [-0.05, 0) is 24.1 Å². The zero-order chi connectivity index (χ0) is 8.81. The summed E-state index contributed by atoms with van der Waals surface area (Å²) >= 11 is 0. The van der Waals surface area contributed by atoms with Gasteiger partial charge in [-0.1, -0.05) is 19.1 Å². The van der Waals surface area contributed by atoms with Gasteiger partial charge in [0.1, 0.15) is 12.4 Å². The molecule has 0 spiro atoms. The van der Waals surface area contributed by atoms with Crippen LogP contribution >= 0.6 is 0 Å². The van der Waals surface area contributed by atoms with E-state index in [4.69, 9.17) is 10.5 Å². The SMILES string of the molecule is CCc1ccc(OCCN)cc1. The Labute approximate surface area is 73.3 Å². The molecule has 2 N–H and O–H groups in total. The largest absolute Gasteiger partial charge is 0.492 e. The van der Waals surface area contributed by atoms with E-state index in [2.05, 4.69) is 19.1 Å². The van der Waals surface area contributed by atoms with E-state index in [1.54, 1.807) is 0 Å². The summed E-state index contributed by atoms with van der Waals surface area (Å²) in [5, 5.41) is 0. The maximum atomic E-state index is 5.33. The van der Waals surface area contributed by atoms with Gasteiger partial charge < -0.3 is 10.5 Å². The predicted molar refractivity (Wildman–Crippen MR) is 50.4 cm³/mol. The summed E-state index contributed by atoms with van der Waals surface area (Å²) in [5.41, 5.74) is 6.64. The summed E-state index contributed by atoms with van der Waals surface area (Å²) in [5.74, 6) is 0.901. The van der Waals surface area contributed by atoms with Crippen LogP contribution in [0, 0.1) is 0 Å². The molecule has 0 saturated carbocycles. The van der Waals surface area contributed by atoms with Crippen molar-refractivity contribution in [3.63, 3.8) is 0 Å². The van der Waals surface area contributed by atoms with Crippen molar-refractivity contribution < 1.29 is 4.74 Å². The van der Waals surface area contributed by atoms with E-state index >= 15 is 0 Å². The maximum absolute atomic E-state index is 5.33. The molecule has 0 radical (unpaired) electrons. The molecule has 0 bridgehead atoms. The van der Waals surface area contributed by atoms with E-state index in [1.165, 1.54) is 5.56 Å². The van der Waals surface area contributed by atoms with Crippen LogP contribution in [-0.4, -0.2) is 13.2 Å². The number of aryl methyl sites for hydroxylation is 1. The zero-order valence-electron chi connectivity index (χ0n) is 7.42. The molecule has 1 aromatic rings. The van der Waals surface area contributed by atoms with Crippen molar-refractivity contribution in [1.29, 1.82) is 0 Å². The van der Waals surface area contributed by atoms with Crippen LogP contribution in [0.4, 0.5) is 0 Å². The Morgan fingerprint density at radius 1 is 1.25 bits per heavy atom. The molecule has 1 rings (SSSR count). The lowest BCUT2D eigenvalue weighted by Crippen LogP contribution is -2.10. The fourth-order valence-corrected chi connectivity index (χ4v) is 0.998. The van der Waals surface area contributed by atoms with Crippen molar-refractivity contribution in [3.8, 4) is 5.75 Å². The molecule has 0 heterocycles. The van der Waals surface area contributed by atoms with Crippen molar-refractivity contribution in [2.75, 3.05) is 13.2 Å². The molecule has 2 heteroatoms. The van der Waals surface area contributed by atoms with E-state index in [0.29, 0.717) is 13.2 Å². The third-order valence-electron chi connectivity index (χ3n) is 1.72. The number of hydrogen-bond acceptors (Lipinski definition) is 2. The Hall–Kier alpha value is -1.02. The zero-order valence-corrected chi connectivity index (χ0v) is 7.42. The Balaban J connectivity index is 2.53. The summed E-state index contributed by atoms with van der Waals surface area (Å²) in [6.45, 7) is 3.29. The van der Waals surface area contributed by atoms with Gasteiger partial charge in [-0.3, -0.25) is 0 Å². The van der Waals surface area contributed by atoms with E-state index in [-0.39, 0.29) is 0 Å². The minimum atomic E-state index is 0.565. The van der Waals surface area contributed by atoms with E-state index in [0.717, 1.165) is 12.2 Å². The molecule has 0 aromatic heterocycles. The average molecular weight is 165 g/mol. The van der Waals surface area contributed by atoms with Gasteiger partial charge in [0.05, 0.1) is 0 Å². The van der Waals surface area contributed by atoms with Crippen molar-refractivity contribution in [2.45, 2.75) is 13.3 Å². The molecule has 0 aliphatic heterocycles. The fraction of sp³-hybridized carbons (Fsp3) is 0.400. The quantitative estimate of drug-likeness (QED) is 0.735. The molecule has 1 aromatic carbocycles. The molecular formula is C10H15NO. The first-order chi connectivity index (χ1) is 5.86. The van der Waals surface area contributed by atoms with Crippen molar-refractivity contribution in [1.82, 2.24) is 0 Å². The average Bonchev–Trinajstić information content (AvgIpc) is 2.15. The van der Waals surface area contributed by atoms with Crippen molar-refractivity contribution in [3.05, 3.63) is 29.8 Å². The number of nitrogens with two attached hydrogens (primary N) is 1. The highest BCUT2D eigenvalue weighted by molar-refractivity contribution is 5.27. The Morgan fingerprint density at radius 2 is 1.92 bits per heavy atom. The first-order valence-electron chi connectivity index (χ1n) is 4.28. The Morgan fingerprint density at radius 3 is 2.42 bits per heavy atom. The van der Waals surface area contributed by atoms with E-state index in [1.807, 2.05) is 12.1 Å². The van der Waals surface area contributed by atoms with Crippen LogP contribution in [-0.2, 0) is 6.42 Å². The second kappa shape index (κ2) is 4.78. The maximum Gasteiger partial charge on any atom is 0.119 e. The second-order valence-corrected chi connectivity index (χ2v) is 2.63. The highest BCUT2D eigenvalue weighted by Gasteiger charge is 1.92. The van der Waals surface area contributed by atoms with Crippen LogP contribution in [0.15, 0.2) is 24.3 Å². The van der Waals surface area contributed by atoms with E-state index < -0.39 is 0 Å². The van der Waals surface area contributed by atoms with Crippen LogP contribution in [0.25, 0.3) is 0 Å². The standard InChI is InChI=1S/C10H15NO/c1-2-9-3-5-10(6-4-9)12-8-7-11/h3-6H,2,7-8,11H2,1H3. The number of hydrogen-bond donors (Lipinski definition) is 1. The van der Waals surface area contributed by atoms with Crippen LogP contribution in [0.1, 0.15) is 12.5 Å². The minimum absolute atomic E-state index is 0.565. The fourth-order valence-electron chi connectivity index (χ4n) is 0.998. The molecule has 0 atom stereocenters. The number of rotatable bonds is 4. The molecule has 0 aliphatic carbocycles. The topological polar surface area (TPSA) is 35.2 Å². The highest BCUT2D eigenvalue weighted by atomic mass is 16.5. The van der Waals surface area contributed by atoms with Gasteiger partial charge in [0.15, 0.2) is 0 Å². The summed E-state index contributed by atoms with van der Waals surface area (Å²) < 4.78 is 5.33. The van der Waals surface area contributed by atoms with Crippen LogP contribution in [0.5, 0.6) is 5.75 Å². The first kappa shape index (κ1) is 9.07. The van der Waals surface area contributed by atoms with E-state index in [9.17, 15) is 0 Å². The summed E-state index contributed by atoms with van der Waals surface area (Å²) in [6, 6.07) is 8.11. The molecule has 0 aliphatic rings. The third kappa shape index (κ3) is 2.55. The highest BCUT2D eigenvalue weighted by Crippen LogP contribution is 2.11. The first-order valence-corrected chi connectivity index (χ1v) is 4.28. The monoisotopic (exact) mass is 165 g/mol.